The third-order valence-electron chi connectivity index (χ3n) is 6.14. The summed E-state index contributed by atoms with van der Waals surface area (Å²) in [7, 11) is 3.16. The van der Waals surface area contributed by atoms with Gasteiger partial charge >= 0.3 is 0 Å². The number of rotatable bonds is 5. The summed E-state index contributed by atoms with van der Waals surface area (Å²) in [4.78, 5) is 28.6. The zero-order chi connectivity index (χ0) is 23.1. The molecule has 2 aliphatic rings. The standard InChI is InChI=1S/C23H21N5O5/c1-32-19-7-6-13(11-20(19)33-2)15-9-17-21(18(29)10-15)22(27-23(26-17)24-12-25-27)14-4-3-5-16(8-14)28(30)31/h3-8,11-12,15,22H,9-10H2,1-2H3,(H,24,25,26)/t15-,22-/m0/s1. The number of fused-ring (bicyclic) bond motifs is 1. The Hall–Kier alpha value is -4.21. The Kier molecular flexibility index (Phi) is 5.04. The molecule has 2 atom stereocenters. The summed E-state index contributed by atoms with van der Waals surface area (Å²) in [5, 5.41) is 18.9. The van der Waals surface area contributed by atoms with Crippen molar-refractivity contribution in [1.29, 1.82) is 0 Å². The van der Waals surface area contributed by atoms with Crippen molar-refractivity contribution in [2.75, 3.05) is 19.5 Å². The fourth-order valence-corrected chi connectivity index (χ4v) is 4.61. The number of carbonyl (C=O) groups excluding carboxylic acids is 1. The van der Waals surface area contributed by atoms with Crippen LogP contribution in [-0.2, 0) is 4.79 Å². The van der Waals surface area contributed by atoms with Crippen molar-refractivity contribution in [2.45, 2.75) is 24.8 Å². The van der Waals surface area contributed by atoms with Crippen molar-refractivity contribution < 1.29 is 19.2 Å². The van der Waals surface area contributed by atoms with Crippen LogP contribution in [0.5, 0.6) is 11.5 Å². The molecule has 2 heterocycles. The molecule has 0 saturated carbocycles. The van der Waals surface area contributed by atoms with Crippen LogP contribution < -0.4 is 14.8 Å². The van der Waals surface area contributed by atoms with Crippen molar-refractivity contribution in [2.24, 2.45) is 0 Å². The molecule has 0 radical (unpaired) electrons. The second kappa shape index (κ2) is 8.05. The molecule has 10 heteroatoms. The summed E-state index contributed by atoms with van der Waals surface area (Å²) >= 11 is 0. The molecule has 0 unspecified atom stereocenters. The number of nitrogens with zero attached hydrogens (tertiary/aromatic N) is 4. The minimum absolute atomic E-state index is 0.0405. The first-order valence-electron chi connectivity index (χ1n) is 10.4. The second-order valence-corrected chi connectivity index (χ2v) is 7.94. The number of ether oxygens (including phenoxy) is 2. The Bertz CT molecular complexity index is 1300. The number of non-ortho nitro benzene ring substituents is 1. The highest BCUT2D eigenvalue weighted by atomic mass is 16.6. The van der Waals surface area contributed by atoms with E-state index in [-0.39, 0.29) is 17.4 Å². The van der Waals surface area contributed by atoms with E-state index in [1.165, 1.54) is 18.5 Å². The molecule has 10 nitrogen and oxygen atoms in total. The van der Waals surface area contributed by atoms with Gasteiger partial charge in [0.15, 0.2) is 17.3 Å². The second-order valence-electron chi connectivity index (χ2n) is 7.94. The van der Waals surface area contributed by atoms with Crippen LogP contribution in [0, 0.1) is 10.1 Å². The Labute approximate surface area is 189 Å². The molecule has 1 aromatic heterocycles. The van der Waals surface area contributed by atoms with Gasteiger partial charge in [-0.3, -0.25) is 14.9 Å². The van der Waals surface area contributed by atoms with Gasteiger partial charge < -0.3 is 14.8 Å². The van der Waals surface area contributed by atoms with Gasteiger partial charge in [-0.2, -0.15) is 10.1 Å². The van der Waals surface area contributed by atoms with E-state index in [0.29, 0.717) is 41.4 Å². The summed E-state index contributed by atoms with van der Waals surface area (Å²) in [5.41, 5.74) is 2.85. The fourth-order valence-electron chi connectivity index (χ4n) is 4.61. The lowest BCUT2D eigenvalue weighted by molar-refractivity contribution is -0.384. The number of hydrogen-bond acceptors (Lipinski definition) is 8. The molecule has 0 fully saturated rings. The maximum Gasteiger partial charge on any atom is 0.269 e. The molecule has 1 N–H and O–H groups in total. The van der Waals surface area contributed by atoms with Crippen molar-refractivity contribution >= 4 is 17.4 Å². The first-order chi connectivity index (χ1) is 16.0. The van der Waals surface area contributed by atoms with Gasteiger partial charge in [-0.15, -0.1) is 0 Å². The average molecular weight is 447 g/mol. The van der Waals surface area contributed by atoms with Gasteiger partial charge in [-0.05, 0) is 35.6 Å². The zero-order valence-corrected chi connectivity index (χ0v) is 18.0. The maximum absolute atomic E-state index is 13.5. The third-order valence-corrected chi connectivity index (χ3v) is 6.14. The van der Waals surface area contributed by atoms with Gasteiger partial charge in [0.05, 0.1) is 19.1 Å². The van der Waals surface area contributed by atoms with Crippen LogP contribution in [0.4, 0.5) is 11.6 Å². The zero-order valence-electron chi connectivity index (χ0n) is 18.0. The summed E-state index contributed by atoms with van der Waals surface area (Å²) in [6, 6.07) is 11.4. The molecule has 1 aliphatic heterocycles. The summed E-state index contributed by atoms with van der Waals surface area (Å²) < 4.78 is 12.4. The highest BCUT2D eigenvalue weighted by molar-refractivity contribution is 6.00. The number of hydrogen-bond donors (Lipinski definition) is 1. The number of anilines is 1. The van der Waals surface area contributed by atoms with Crippen molar-refractivity contribution in [3.05, 3.63) is 81.3 Å². The number of nitro groups is 1. The van der Waals surface area contributed by atoms with Gasteiger partial charge in [0, 0.05) is 29.8 Å². The highest BCUT2D eigenvalue weighted by Crippen LogP contribution is 2.45. The van der Waals surface area contributed by atoms with E-state index in [0.717, 1.165) is 11.3 Å². The molecular weight excluding hydrogens is 426 g/mol. The van der Waals surface area contributed by atoms with Crippen LogP contribution in [0.15, 0.2) is 60.1 Å². The van der Waals surface area contributed by atoms with Gasteiger partial charge in [-0.1, -0.05) is 18.2 Å². The van der Waals surface area contributed by atoms with Gasteiger partial charge in [0.25, 0.3) is 5.69 Å². The van der Waals surface area contributed by atoms with Gasteiger partial charge in [0.2, 0.25) is 5.95 Å². The van der Waals surface area contributed by atoms with E-state index in [2.05, 4.69) is 15.4 Å². The monoisotopic (exact) mass is 447 g/mol. The van der Waals surface area contributed by atoms with E-state index < -0.39 is 11.0 Å². The summed E-state index contributed by atoms with van der Waals surface area (Å²) in [6.45, 7) is 0. The Morgan fingerprint density at radius 1 is 1.09 bits per heavy atom. The van der Waals surface area contributed by atoms with Crippen LogP contribution in [0.1, 0.15) is 35.9 Å². The predicted octanol–water partition coefficient (Wildman–Crippen LogP) is 3.62. The Morgan fingerprint density at radius 3 is 2.67 bits per heavy atom. The molecule has 0 spiro atoms. The van der Waals surface area contributed by atoms with Crippen LogP contribution in [0.2, 0.25) is 0 Å². The van der Waals surface area contributed by atoms with E-state index in [4.69, 9.17) is 9.47 Å². The van der Waals surface area contributed by atoms with Crippen molar-refractivity contribution in [3.63, 3.8) is 0 Å². The molecule has 1 aliphatic carbocycles. The lowest BCUT2D eigenvalue weighted by Gasteiger charge is -2.35. The smallest absolute Gasteiger partial charge is 0.269 e. The topological polar surface area (TPSA) is 121 Å². The Morgan fingerprint density at radius 2 is 1.91 bits per heavy atom. The Balaban J connectivity index is 1.57. The van der Waals surface area contributed by atoms with Crippen LogP contribution in [0.3, 0.4) is 0 Å². The number of allylic oxidation sites excluding steroid dienone is 2. The summed E-state index contributed by atoms with van der Waals surface area (Å²) in [5.74, 6) is 1.61. The lowest BCUT2D eigenvalue weighted by atomic mass is 9.78. The summed E-state index contributed by atoms with van der Waals surface area (Å²) in [6.07, 6.45) is 2.28. The molecule has 3 aromatic rings. The predicted molar refractivity (Wildman–Crippen MR) is 118 cm³/mol. The van der Waals surface area contributed by atoms with Crippen LogP contribution in [0.25, 0.3) is 0 Å². The number of carbonyl (C=O) groups is 1. The molecule has 5 rings (SSSR count). The van der Waals surface area contributed by atoms with Crippen LogP contribution in [-0.4, -0.2) is 39.7 Å². The van der Waals surface area contributed by atoms with Crippen molar-refractivity contribution in [3.8, 4) is 11.5 Å². The number of benzene rings is 2. The first kappa shape index (κ1) is 20.7. The molecule has 33 heavy (non-hydrogen) atoms. The molecule has 0 saturated heterocycles. The fraction of sp³-hybridized carbons (Fsp3) is 0.261. The largest absolute Gasteiger partial charge is 0.493 e. The molecular formula is C23H21N5O5. The normalized spacial score (nSPS) is 19.4. The third kappa shape index (κ3) is 3.49. The average Bonchev–Trinajstić information content (AvgIpc) is 3.30. The number of aromatic nitrogens is 3. The number of Topliss-reactive ketones (excluding diaryl/α,β-unsaturated/α-hetero) is 1. The van der Waals surface area contributed by atoms with E-state index in [1.54, 1.807) is 31.0 Å². The van der Waals surface area contributed by atoms with Crippen LogP contribution >= 0.6 is 0 Å². The molecule has 2 aromatic carbocycles. The van der Waals surface area contributed by atoms with E-state index in [1.807, 2.05) is 18.2 Å². The molecule has 0 amide bonds. The number of methoxy groups -OCH3 is 2. The van der Waals surface area contributed by atoms with Gasteiger partial charge in [-0.25, -0.2) is 4.68 Å². The molecule has 0 bridgehead atoms. The van der Waals surface area contributed by atoms with E-state index >= 15 is 0 Å². The quantitative estimate of drug-likeness (QED) is 0.465. The molecule has 168 valence electrons. The highest BCUT2D eigenvalue weighted by Gasteiger charge is 2.39. The maximum atomic E-state index is 13.5. The lowest BCUT2D eigenvalue weighted by Crippen LogP contribution is -2.33. The van der Waals surface area contributed by atoms with Gasteiger partial charge in [0.1, 0.15) is 12.4 Å². The van der Waals surface area contributed by atoms with E-state index in [9.17, 15) is 14.9 Å². The SMILES string of the molecule is COc1ccc([C@@H]2CC(=O)C3=C(C2)Nc2ncnn2[C@H]3c2cccc([N+](=O)[O-])c2)cc1OC. The number of nitro benzene ring substituents is 1. The minimum atomic E-state index is -0.586. The number of nitrogens with one attached hydrogen (secondary N) is 1. The number of ketones is 1. The first-order valence-corrected chi connectivity index (χ1v) is 10.4. The minimum Gasteiger partial charge on any atom is -0.493 e. The van der Waals surface area contributed by atoms with Crippen molar-refractivity contribution in [1.82, 2.24) is 14.8 Å².